The van der Waals surface area contributed by atoms with Gasteiger partial charge in [0.2, 0.25) is 0 Å². The van der Waals surface area contributed by atoms with E-state index in [1.54, 1.807) is 0 Å². The number of hydrogen-bond donors (Lipinski definition) is 1. The summed E-state index contributed by atoms with van der Waals surface area (Å²) in [6.45, 7) is 0.231. The lowest BCUT2D eigenvalue weighted by molar-refractivity contribution is -0.143. The molecule has 2 aromatic carbocycles. The van der Waals surface area contributed by atoms with E-state index in [9.17, 15) is 13.6 Å². The predicted octanol–water partition coefficient (Wildman–Crippen LogP) is 3.58. The Labute approximate surface area is 141 Å². The zero-order valence-electron chi connectivity index (χ0n) is 12.8. The molecule has 1 heterocycles. The van der Waals surface area contributed by atoms with Crippen LogP contribution in [0, 0.1) is 11.6 Å². The van der Waals surface area contributed by atoms with E-state index >= 15 is 0 Å². The van der Waals surface area contributed by atoms with Crippen molar-refractivity contribution in [2.45, 2.75) is 12.6 Å². The highest BCUT2D eigenvalue weighted by Crippen LogP contribution is 2.24. The molecule has 1 aromatic heterocycles. The molecule has 0 radical (unpaired) electrons. The topological polar surface area (TPSA) is 51.2 Å². The summed E-state index contributed by atoms with van der Waals surface area (Å²) in [4.78, 5) is 16.4. The number of fused-ring (bicyclic) bond motifs is 1. The fraction of sp³-hybridized carbons (Fsp3) is 0.176. The first-order chi connectivity index (χ1) is 11.6. The van der Waals surface area contributed by atoms with E-state index in [0.29, 0.717) is 0 Å². The second-order valence-electron chi connectivity index (χ2n) is 5.08. The number of aromatic nitrogens is 1. The minimum atomic E-state index is -1.11. The molecule has 0 saturated heterocycles. The first-order valence-electron chi connectivity index (χ1n) is 7.19. The normalized spacial score (nSPS) is 12.3. The molecule has 124 valence electrons. The van der Waals surface area contributed by atoms with Gasteiger partial charge in [0, 0.05) is 12.1 Å². The van der Waals surface area contributed by atoms with Crippen LogP contribution in [-0.2, 0) is 16.1 Å². The first kappa shape index (κ1) is 16.5. The Balaban J connectivity index is 1.84. The Hall–Kier alpha value is -2.38. The standard InChI is InChI=1S/C17H14F2N2O2S/c1-23-17(22)16(11-8-10(18)6-7-12(11)19)20-9-15-21-13-4-2-3-5-14(13)24-15/h2-8,16,20H,9H2,1H3/t16-/m0/s1. The second kappa shape index (κ2) is 7.02. The van der Waals surface area contributed by atoms with Crippen LogP contribution in [0.1, 0.15) is 16.6 Å². The minimum absolute atomic E-state index is 0.0945. The monoisotopic (exact) mass is 348 g/mol. The number of thiazole rings is 1. The van der Waals surface area contributed by atoms with E-state index in [1.807, 2.05) is 24.3 Å². The lowest BCUT2D eigenvalue weighted by atomic mass is 10.1. The van der Waals surface area contributed by atoms with Crippen LogP contribution in [0.2, 0.25) is 0 Å². The number of carbonyl (C=O) groups is 1. The van der Waals surface area contributed by atoms with Crippen LogP contribution in [0.4, 0.5) is 8.78 Å². The van der Waals surface area contributed by atoms with E-state index < -0.39 is 23.6 Å². The molecule has 3 aromatic rings. The number of halogens is 2. The molecule has 1 N–H and O–H groups in total. The Bertz CT molecular complexity index is 849. The summed E-state index contributed by atoms with van der Waals surface area (Å²) < 4.78 is 33.1. The maximum absolute atomic E-state index is 14.0. The highest BCUT2D eigenvalue weighted by molar-refractivity contribution is 7.18. The van der Waals surface area contributed by atoms with Crippen LogP contribution >= 0.6 is 11.3 Å². The molecule has 0 fully saturated rings. The van der Waals surface area contributed by atoms with E-state index in [1.165, 1.54) is 18.4 Å². The van der Waals surface area contributed by atoms with E-state index in [2.05, 4.69) is 10.3 Å². The van der Waals surface area contributed by atoms with Crippen molar-refractivity contribution in [1.82, 2.24) is 10.3 Å². The number of rotatable bonds is 5. The lowest BCUT2D eigenvalue weighted by Crippen LogP contribution is -2.30. The molecule has 0 aliphatic rings. The number of para-hydroxylation sites is 1. The predicted molar refractivity (Wildman–Crippen MR) is 87.6 cm³/mol. The van der Waals surface area contributed by atoms with Crippen molar-refractivity contribution in [3.05, 3.63) is 64.7 Å². The number of carbonyl (C=O) groups excluding carboxylic acids is 1. The summed E-state index contributed by atoms with van der Waals surface area (Å²) in [7, 11) is 1.20. The lowest BCUT2D eigenvalue weighted by Gasteiger charge is -2.17. The Morgan fingerprint density at radius 1 is 1.29 bits per heavy atom. The van der Waals surface area contributed by atoms with E-state index in [4.69, 9.17) is 4.74 Å². The average molecular weight is 348 g/mol. The van der Waals surface area contributed by atoms with Gasteiger partial charge in [-0.1, -0.05) is 12.1 Å². The van der Waals surface area contributed by atoms with Crippen molar-refractivity contribution < 1.29 is 18.3 Å². The van der Waals surface area contributed by atoms with Crippen LogP contribution < -0.4 is 5.32 Å². The zero-order valence-corrected chi connectivity index (χ0v) is 13.6. The van der Waals surface area contributed by atoms with Gasteiger partial charge in [-0.15, -0.1) is 11.3 Å². The van der Waals surface area contributed by atoms with Crippen molar-refractivity contribution in [2.75, 3.05) is 7.11 Å². The van der Waals surface area contributed by atoms with Gasteiger partial charge in [0.1, 0.15) is 22.7 Å². The highest BCUT2D eigenvalue weighted by atomic mass is 32.1. The van der Waals surface area contributed by atoms with Crippen molar-refractivity contribution in [3.63, 3.8) is 0 Å². The van der Waals surface area contributed by atoms with Crippen LogP contribution in [0.25, 0.3) is 10.2 Å². The van der Waals surface area contributed by atoms with Crippen molar-refractivity contribution >= 4 is 27.5 Å². The number of ether oxygens (including phenoxy) is 1. The number of esters is 1. The molecule has 0 spiro atoms. The maximum atomic E-state index is 14.0. The highest BCUT2D eigenvalue weighted by Gasteiger charge is 2.25. The molecule has 0 amide bonds. The molecule has 0 unspecified atom stereocenters. The van der Waals surface area contributed by atoms with Gasteiger partial charge in [0.05, 0.1) is 17.3 Å². The SMILES string of the molecule is COC(=O)[C@@H](NCc1nc2ccccc2s1)c1cc(F)ccc1F. The molecule has 0 saturated carbocycles. The molecule has 4 nitrogen and oxygen atoms in total. The third-order valence-electron chi connectivity index (χ3n) is 3.50. The summed E-state index contributed by atoms with van der Waals surface area (Å²) >= 11 is 1.47. The van der Waals surface area contributed by atoms with Crippen LogP contribution in [0.3, 0.4) is 0 Å². The third-order valence-corrected chi connectivity index (χ3v) is 4.54. The summed E-state index contributed by atoms with van der Waals surface area (Å²) in [6.07, 6.45) is 0. The number of benzene rings is 2. The number of nitrogens with zero attached hydrogens (tertiary/aromatic N) is 1. The molecule has 7 heteroatoms. The van der Waals surface area contributed by atoms with Gasteiger partial charge in [0.15, 0.2) is 0 Å². The third kappa shape index (κ3) is 3.42. The summed E-state index contributed by atoms with van der Waals surface area (Å²) in [6, 6.07) is 9.50. The van der Waals surface area contributed by atoms with Crippen molar-refractivity contribution in [2.24, 2.45) is 0 Å². The summed E-state index contributed by atoms with van der Waals surface area (Å²) in [5.41, 5.74) is 0.758. The first-order valence-corrected chi connectivity index (χ1v) is 8.00. The molecule has 3 rings (SSSR count). The number of methoxy groups -OCH3 is 1. The van der Waals surface area contributed by atoms with Crippen molar-refractivity contribution in [3.8, 4) is 0 Å². The van der Waals surface area contributed by atoms with Gasteiger partial charge in [0.25, 0.3) is 0 Å². The smallest absolute Gasteiger partial charge is 0.327 e. The number of hydrogen-bond acceptors (Lipinski definition) is 5. The zero-order chi connectivity index (χ0) is 17.1. The fourth-order valence-electron chi connectivity index (χ4n) is 2.36. The molecule has 0 bridgehead atoms. The largest absolute Gasteiger partial charge is 0.468 e. The molecule has 0 aliphatic carbocycles. The number of nitrogens with one attached hydrogen (secondary N) is 1. The van der Waals surface area contributed by atoms with Gasteiger partial charge in [-0.25, -0.2) is 18.6 Å². The van der Waals surface area contributed by atoms with Crippen LogP contribution in [0.15, 0.2) is 42.5 Å². The maximum Gasteiger partial charge on any atom is 0.327 e. The molecule has 1 atom stereocenters. The van der Waals surface area contributed by atoms with Gasteiger partial charge >= 0.3 is 5.97 Å². The summed E-state index contributed by atoms with van der Waals surface area (Å²) in [5, 5.41) is 3.64. The van der Waals surface area contributed by atoms with Gasteiger partial charge in [-0.2, -0.15) is 0 Å². The fourth-order valence-corrected chi connectivity index (χ4v) is 3.28. The molecule has 24 heavy (non-hydrogen) atoms. The van der Waals surface area contributed by atoms with E-state index in [-0.39, 0.29) is 12.1 Å². The molecule has 0 aliphatic heterocycles. The Kier molecular flexibility index (Phi) is 4.82. The summed E-state index contributed by atoms with van der Waals surface area (Å²) in [5.74, 6) is -1.99. The van der Waals surface area contributed by atoms with E-state index in [0.717, 1.165) is 33.4 Å². The molecular weight excluding hydrogens is 334 g/mol. The van der Waals surface area contributed by atoms with Crippen LogP contribution in [-0.4, -0.2) is 18.1 Å². The quantitative estimate of drug-likeness (QED) is 0.716. The molecular formula is C17H14F2N2O2S. The van der Waals surface area contributed by atoms with Gasteiger partial charge in [-0.05, 0) is 30.3 Å². The Morgan fingerprint density at radius 3 is 2.83 bits per heavy atom. The minimum Gasteiger partial charge on any atom is -0.468 e. The Morgan fingerprint density at radius 2 is 2.08 bits per heavy atom. The van der Waals surface area contributed by atoms with Crippen molar-refractivity contribution in [1.29, 1.82) is 0 Å². The average Bonchev–Trinajstić information content (AvgIpc) is 3.00. The second-order valence-corrected chi connectivity index (χ2v) is 6.19. The van der Waals surface area contributed by atoms with Crippen LogP contribution in [0.5, 0.6) is 0 Å². The van der Waals surface area contributed by atoms with Gasteiger partial charge in [-0.3, -0.25) is 5.32 Å². The van der Waals surface area contributed by atoms with Gasteiger partial charge < -0.3 is 4.74 Å².